The molecule has 0 saturated carbocycles. The normalized spacial score (nSPS) is 10.7. The zero-order valence-electron chi connectivity index (χ0n) is 10.6. The number of hydrogen-bond acceptors (Lipinski definition) is 0. The minimum absolute atomic E-state index is 1.00. The molecule has 88 valence electrons. The molecule has 0 unspecified atom stereocenters. The van der Waals surface area contributed by atoms with Crippen LogP contribution in [0.25, 0.3) is 10.8 Å². The van der Waals surface area contributed by atoms with E-state index < -0.39 is 0 Å². The first-order valence-corrected chi connectivity index (χ1v) is 6.34. The topological polar surface area (TPSA) is 0 Å². The first kappa shape index (κ1) is 11.0. The Bertz CT molecular complexity index is 666. The molecule has 0 heteroatoms. The van der Waals surface area contributed by atoms with E-state index in [4.69, 9.17) is 0 Å². The lowest BCUT2D eigenvalue weighted by atomic mass is 10.0. The van der Waals surface area contributed by atoms with Gasteiger partial charge in [-0.3, -0.25) is 0 Å². The molecule has 3 aromatic carbocycles. The van der Waals surface area contributed by atoms with Gasteiger partial charge in [0, 0.05) is 0 Å². The van der Waals surface area contributed by atoms with Crippen LogP contribution in [0.1, 0.15) is 16.7 Å². The summed E-state index contributed by atoms with van der Waals surface area (Å²) < 4.78 is 0. The summed E-state index contributed by atoms with van der Waals surface area (Å²) in [5, 5.41) is 2.65. The highest BCUT2D eigenvalue weighted by Gasteiger charge is 1.98. The van der Waals surface area contributed by atoms with Gasteiger partial charge in [0.2, 0.25) is 0 Å². The molecule has 0 aliphatic carbocycles. The Morgan fingerprint density at radius 1 is 0.667 bits per heavy atom. The summed E-state index contributed by atoms with van der Waals surface area (Å²) in [6, 6.07) is 24.0. The van der Waals surface area contributed by atoms with Crippen molar-refractivity contribution in [2.75, 3.05) is 0 Å². The van der Waals surface area contributed by atoms with Crippen molar-refractivity contribution in [3.8, 4) is 0 Å². The van der Waals surface area contributed by atoms with Gasteiger partial charge in [-0.15, -0.1) is 0 Å². The third kappa shape index (κ3) is 2.28. The second-order valence-electron chi connectivity index (χ2n) is 4.85. The fraction of sp³-hybridized carbons (Fsp3) is 0.111. The molecule has 0 spiro atoms. The Morgan fingerprint density at radius 2 is 1.44 bits per heavy atom. The van der Waals surface area contributed by atoms with Crippen LogP contribution < -0.4 is 0 Å². The van der Waals surface area contributed by atoms with E-state index in [9.17, 15) is 0 Å². The van der Waals surface area contributed by atoms with E-state index >= 15 is 0 Å². The maximum absolute atomic E-state index is 2.30. The van der Waals surface area contributed by atoms with Crippen molar-refractivity contribution in [3.05, 3.63) is 83.4 Å². The molecule has 0 amide bonds. The Balaban J connectivity index is 1.98. The van der Waals surface area contributed by atoms with Crippen LogP contribution in [0.3, 0.4) is 0 Å². The van der Waals surface area contributed by atoms with E-state index in [1.54, 1.807) is 0 Å². The second kappa shape index (κ2) is 4.66. The third-order valence-electron chi connectivity index (χ3n) is 3.31. The molecule has 0 nitrogen and oxygen atoms in total. The van der Waals surface area contributed by atoms with Gasteiger partial charge in [-0.05, 0) is 35.2 Å². The molecule has 0 fully saturated rings. The van der Waals surface area contributed by atoms with Crippen LogP contribution in [-0.4, -0.2) is 0 Å². The van der Waals surface area contributed by atoms with Gasteiger partial charge in [0.05, 0.1) is 0 Å². The highest BCUT2D eigenvalue weighted by molar-refractivity contribution is 5.83. The monoisotopic (exact) mass is 232 g/mol. The molecule has 0 radical (unpaired) electrons. The predicted octanol–water partition coefficient (Wildman–Crippen LogP) is 4.74. The van der Waals surface area contributed by atoms with Crippen molar-refractivity contribution in [3.63, 3.8) is 0 Å². The fourth-order valence-electron chi connectivity index (χ4n) is 2.36. The van der Waals surface area contributed by atoms with Gasteiger partial charge in [-0.1, -0.05) is 72.3 Å². The van der Waals surface area contributed by atoms with Gasteiger partial charge in [-0.25, -0.2) is 0 Å². The summed E-state index contributed by atoms with van der Waals surface area (Å²) in [5.74, 6) is 0. The maximum atomic E-state index is 2.30. The molecule has 0 aromatic heterocycles. The van der Waals surface area contributed by atoms with Crippen molar-refractivity contribution >= 4 is 10.8 Å². The van der Waals surface area contributed by atoms with Crippen molar-refractivity contribution in [2.24, 2.45) is 0 Å². The average molecular weight is 232 g/mol. The summed E-state index contributed by atoms with van der Waals surface area (Å²) >= 11 is 0. The van der Waals surface area contributed by atoms with Gasteiger partial charge in [0.25, 0.3) is 0 Å². The zero-order chi connectivity index (χ0) is 12.4. The van der Waals surface area contributed by atoms with E-state index in [0.717, 1.165) is 6.42 Å². The van der Waals surface area contributed by atoms with Gasteiger partial charge in [0.1, 0.15) is 0 Å². The smallest absolute Gasteiger partial charge is 0.00256 e. The van der Waals surface area contributed by atoms with Crippen LogP contribution >= 0.6 is 0 Å². The number of rotatable bonds is 2. The van der Waals surface area contributed by atoms with Crippen molar-refractivity contribution in [1.82, 2.24) is 0 Å². The first-order chi connectivity index (χ1) is 8.81. The number of fused-ring (bicyclic) bond motifs is 1. The quantitative estimate of drug-likeness (QED) is 0.598. The van der Waals surface area contributed by atoms with Crippen molar-refractivity contribution < 1.29 is 0 Å². The summed E-state index contributed by atoms with van der Waals surface area (Å²) in [7, 11) is 0. The molecular weight excluding hydrogens is 216 g/mol. The van der Waals surface area contributed by atoms with Crippen molar-refractivity contribution in [2.45, 2.75) is 13.3 Å². The summed E-state index contributed by atoms with van der Waals surface area (Å²) in [4.78, 5) is 0. The standard InChI is InChI=1S/C18H16/c1-14-7-9-17-10-8-16(13-18(17)11-14)12-15-5-3-2-4-6-15/h2-11,13H,12H2,1H3. The zero-order valence-corrected chi connectivity index (χ0v) is 10.6. The Morgan fingerprint density at radius 3 is 2.28 bits per heavy atom. The van der Waals surface area contributed by atoms with E-state index in [2.05, 4.69) is 73.7 Å². The summed E-state index contributed by atoms with van der Waals surface area (Å²) in [5.41, 5.74) is 4.06. The van der Waals surface area contributed by atoms with Crippen LogP contribution in [-0.2, 0) is 6.42 Å². The number of benzene rings is 3. The molecular formula is C18H16. The molecule has 0 aliphatic heterocycles. The lowest BCUT2D eigenvalue weighted by Gasteiger charge is -2.05. The molecule has 0 aliphatic rings. The molecule has 0 atom stereocenters. The van der Waals surface area contributed by atoms with Crippen LogP contribution in [0.15, 0.2) is 66.7 Å². The van der Waals surface area contributed by atoms with E-state index in [-0.39, 0.29) is 0 Å². The SMILES string of the molecule is Cc1ccc2ccc(Cc3ccccc3)cc2c1. The molecule has 3 rings (SSSR count). The molecule has 0 saturated heterocycles. The van der Waals surface area contributed by atoms with Crippen LogP contribution in [0.2, 0.25) is 0 Å². The van der Waals surface area contributed by atoms with Gasteiger partial charge < -0.3 is 0 Å². The van der Waals surface area contributed by atoms with Gasteiger partial charge in [0.15, 0.2) is 0 Å². The fourth-order valence-corrected chi connectivity index (χ4v) is 2.36. The van der Waals surface area contributed by atoms with E-state index in [1.807, 2.05) is 0 Å². The average Bonchev–Trinajstić information content (AvgIpc) is 2.39. The molecule has 0 bridgehead atoms. The highest BCUT2D eigenvalue weighted by atomic mass is 14.0. The lowest BCUT2D eigenvalue weighted by Crippen LogP contribution is -1.87. The van der Waals surface area contributed by atoms with Crippen molar-refractivity contribution in [1.29, 1.82) is 0 Å². The Labute approximate surface area is 108 Å². The molecule has 18 heavy (non-hydrogen) atoms. The minimum Gasteiger partial charge on any atom is -0.0622 e. The Hall–Kier alpha value is -2.08. The molecule has 0 N–H and O–H groups in total. The second-order valence-corrected chi connectivity index (χ2v) is 4.85. The summed E-state index contributed by atoms with van der Waals surface area (Å²) in [6.45, 7) is 2.14. The largest absolute Gasteiger partial charge is 0.0622 e. The van der Waals surface area contributed by atoms with Gasteiger partial charge in [-0.2, -0.15) is 0 Å². The maximum Gasteiger partial charge on any atom is -0.00256 e. The highest BCUT2D eigenvalue weighted by Crippen LogP contribution is 2.19. The number of hydrogen-bond donors (Lipinski definition) is 0. The summed E-state index contributed by atoms with van der Waals surface area (Å²) in [6.07, 6.45) is 1.00. The first-order valence-electron chi connectivity index (χ1n) is 6.34. The lowest BCUT2D eigenvalue weighted by molar-refractivity contribution is 1.20. The predicted molar refractivity (Wildman–Crippen MR) is 77.9 cm³/mol. The van der Waals surface area contributed by atoms with E-state index in [0.29, 0.717) is 0 Å². The molecule has 0 heterocycles. The van der Waals surface area contributed by atoms with Crippen LogP contribution in [0.5, 0.6) is 0 Å². The third-order valence-corrected chi connectivity index (χ3v) is 3.31. The Kier molecular flexibility index (Phi) is 2.85. The minimum atomic E-state index is 1.00. The van der Waals surface area contributed by atoms with Gasteiger partial charge >= 0.3 is 0 Å². The molecule has 3 aromatic rings. The number of aryl methyl sites for hydroxylation is 1. The van der Waals surface area contributed by atoms with E-state index in [1.165, 1.54) is 27.5 Å². The van der Waals surface area contributed by atoms with Crippen LogP contribution in [0.4, 0.5) is 0 Å². The van der Waals surface area contributed by atoms with Crippen LogP contribution in [0, 0.1) is 6.92 Å².